The van der Waals surface area contributed by atoms with Gasteiger partial charge in [-0.25, -0.2) is 4.39 Å². The Morgan fingerprint density at radius 2 is 2.16 bits per heavy atom. The van der Waals surface area contributed by atoms with Crippen molar-refractivity contribution in [2.45, 2.75) is 6.10 Å². The molecule has 1 heterocycles. The fourth-order valence-corrected chi connectivity index (χ4v) is 2.08. The zero-order valence-electron chi connectivity index (χ0n) is 10.6. The van der Waals surface area contributed by atoms with E-state index in [4.69, 9.17) is 16.3 Å². The van der Waals surface area contributed by atoms with Crippen molar-refractivity contribution in [1.82, 2.24) is 0 Å². The number of ether oxygens (including phenoxy) is 1. The zero-order valence-corrected chi connectivity index (χ0v) is 11.4. The summed E-state index contributed by atoms with van der Waals surface area (Å²) in [6, 6.07) is 4.98. The minimum atomic E-state index is -0.636. The van der Waals surface area contributed by atoms with Gasteiger partial charge in [-0.3, -0.25) is 0 Å². The molecule has 1 aliphatic rings. The van der Waals surface area contributed by atoms with E-state index in [0.29, 0.717) is 44.2 Å². The van der Waals surface area contributed by atoms with Crippen LogP contribution in [0.15, 0.2) is 18.2 Å². The van der Waals surface area contributed by atoms with Crippen molar-refractivity contribution in [3.63, 3.8) is 0 Å². The minimum absolute atomic E-state index is 0.154. The van der Waals surface area contributed by atoms with Crippen LogP contribution in [0.1, 0.15) is 0 Å². The fraction of sp³-hybridized carbons (Fsp3) is 0.538. The van der Waals surface area contributed by atoms with Crippen LogP contribution >= 0.6 is 11.6 Å². The lowest BCUT2D eigenvalue weighted by Crippen LogP contribution is -2.36. The van der Waals surface area contributed by atoms with Gasteiger partial charge in [0.1, 0.15) is 5.82 Å². The average molecular weight is 289 g/mol. The van der Waals surface area contributed by atoms with E-state index in [9.17, 15) is 9.50 Å². The van der Waals surface area contributed by atoms with E-state index >= 15 is 0 Å². The van der Waals surface area contributed by atoms with Gasteiger partial charge in [0.15, 0.2) is 0 Å². The third-order valence-electron chi connectivity index (χ3n) is 3.02. The molecule has 0 aliphatic carbocycles. The van der Waals surface area contributed by atoms with Crippen molar-refractivity contribution in [1.29, 1.82) is 0 Å². The highest BCUT2D eigenvalue weighted by Crippen LogP contribution is 2.23. The maximum absolute atomic E-state index is 14.0. The molecule has 0 radical (unpaired) electrons. The lowest BCUT2D eigenvalue weighted by atomic mass is 10.2. The van der Waals surface area contributed by atoms with Crippen LogP contribution in [0.5, 0.6) is 0 Å². The Morgan fingerprint density at radius 3 is 2.79 bits per heavy atom. The topological polar surface area (TPSA) is 44.7 Å². The molecule has 2 rings (SSSR count). The third kappa shape index (κ3) is 3.96. The van der Waals surface area contributed by atoms with Gasteiger partial charge < -0.3 is 20.1 Å². The number of nitrogens with zero attached hydrogens (tertiary/aromatic N) is 1. The first-order valence-corrected chi connectivity index (χ1v) is 6.84. The van der Waals surface area contributed by atoms with E-state index in [1.165, 1.54) is 6.07 Å². The van der Waals surface area contributed by atoms with Gasteiger partial charge in [0.2, 0.25) is 0 Å². The van der Waals surface area contributed by atoms with E-state index < -0.39 is 6.10 Å². The highest BCUT2D eigenvalue weighted by Gasteiger charge is 2.15. The normalized spacial score (nSPS) is 17.3. The van der Waals surface area contributed by atoms with Crippen molar-refractivity contribution < 1.29 is 14.2 Å². The number of nitrogens with one attached hydrogen (secondary N) is 1. The Labute approximate surface area is 117 Å². The van der Waals surface area contributed by atoms with Crippen LogP contribution in [0.4, 0.5) is 15.8 Å². The highest BCUT2D eigenvalue weighted by molar-refractivity contribution is 6.18. The molecule has 1 fully saturated rings. The summed E-state index contributed by atoms with van der Waals surface area (Å²) < 4.78 is 19.3. The standard InChI is InChI=1S/C13H18ClFN2O2/c14-8-11(18)9-16-10-1-2-13(12(15)7-10)17-3-5-19-6-4-17/h1-2,7,11,16,18H,3-6,8-9H2. The summed E-state index contributed by atoms with van der Waals surface area (Å²) in [5.41, 5.74) is 1.23. The minimum Gasteiger partial charge on any atom is -0.390 e. The lowest BCUT2D eigenvalue weighted by Gasteiger charge is -2.29. The van der Waals surface area contributed by atoms with Gasteiger partial charge in [0.25, 0.3) is 0 Å². The predicted molar refractivity (Wildman–Crippen MR) is 74.6 cm³/mol. The Bertz CT molecular complexity index is 414. The quantitative estimate of drug-likeness (QED) is 0.809. The molecule has 0 aromatic heterocycles. The van der Waals surface area contributed by atoms with Gasteiger partial charge in [0, 0.05) is 25.3 Å². The molecule has 0 bridgehead atoms. The maximum atomic E-state index is 14.0. The van der Waals surface area contributed by atoms with Crippen LogP contribution in [-0.2, 0) is 4.74 Å². The molecule has 2 N–H and O–H groups in total. The Hall–Kier alpha value is -1.04. The molecular formula is C13H18ClFN2O2. The first-order valence-electron chi connectivity index (χ1n) is 6.31. The van der Waals surface area contributed by atoms with E-state index in [0.717, 1.165) is 0 Å². The molecule has 1 unspecified atom stereocenters. The molecule has 19 heavy (non-hydrogen) atoms. The number of hydrogen-bond acceptors (Lipinski definition) is 4. The lowest BCUT2D eigenvalue weighted by molar-refractivity contribution is 0.122. The van der Waals surface area contributed by atoms with Gasteiger partial charge in [-0.15, -0.1) is 11.6 Å². The van der Waals surface area contributed by atoms with Gasteiger partial charge in [-0.1, -0.05) is 0 Å². The molecule has 1 saturated heterocycles. The largest absolute Gasteiger partial charge is 0.390 e. The molecule has 4 nitrogen and oxygen atoms in total. The van der Waals surface area contributed by atoms with Gasteiger partial charge in [-0.2, -0.15) is 0 Å². The Balaban J connectivity index is 2.00. The van der Waals surface area contributed by atoms with Crippen molar-refractivity contribution in [2.75, 3.05) is 48.9 Å². The number of aliphatic hydroxyl groups is 1. The molecule has 1 aromatic carbocycles. The first kappa shape index (κ1) is 14.4. The fourth-order valence-electron chi connectivity index (χ4n) is 1.97. The smallest absolute Gasteiger partial charge is 0.148 e. The van der Waals surface area contributed by atoms with Crippen LogP contribution < -0.4 is 10.2 Å². The van der Waals surface area contributed by atoms with Crippen LogP contribution in [0.25, 0.3) is 0 Å². The van der Waals surface area contributed by atoms with Crippen molar-refractivity contribution >= 4 is 23.0 Å². The zero-order chi connectivity index (χ0) is 13.7. The second-order valence-electron chi connectivity index (χ2n) is 4.45. The van der Waals surface area contributed by atoms with Gasteiger partial charge >= 0.3 is 0 Å². The summed E-state index contributed by atoms with van der Waals surface area (Å²) in [6.45, 7) is 2.96. The SMILES string of the molecule is OC(CCl)CNc1ccc(N2CCOCC2)c(F)c1. The molecule has 0 spiro atoms. The number of aliphatic hydroxyl groups excluding tert-OH is 1. The van der Waals surface area contributed by atoms with Gasteiger partial charge in [-0.05, 0) is 18.2 Å². The first-order chi connectivity index (χ1) is 9.20. The number of rotatable bonds is 5. The Kier molecular flexibility index (Phi) is 5.24. The van der Waals surface area contributed by atoms with Crippen molar-refractivity contribution in [2.24, 2.45) is 0 Å². The number of halogens is 2. The number of alkyl halides is 1. The predicted octanol–water partition coefficient (Wildman–Crippen LogP) is 1.67. The van der Waals surface area contributed by atoms with E-state index in [1.54, 1.807) is 12.1 Å². The molecule has 0 amide bonds. The molecular weight excluding hydrogens is 271 g/mol. The Morgan fingerprint density at radius 1 is 1.42 bits per heavy atom. The highest BCUT2D eigenvalue weighted by atomic mass is 35.5. The molecule has 106 valence electrons. The molecule has 1 atom stereocenters. The van der Waals surface area contributed by atoms with Crippen LogP contribution in [0, 0.1) is 5.82 Å². The summed E-state index contributed by atoms with van der Waals surface area (Å²) in [6.07, 6.45) is -0.636. The van der Waals surface area contributed by atoms with Crippen molar-refractivity contribution in [3.05, 3.63) is 24.0 Å². The number of hydrogen-bond donors (Lipinski definition) is 2. The average Bonchev–Trinajstić information content (AvgIpc) is 2.45. The van der Waals surface area contributed by atoms with E-state index in [2.05, 4.69) is 5.32 Å². The second kappa shape index (κ2) is 6.93. The van der Waals surface area contributed by atoms with Gasteiger partial charge in [0.05, 0.1) is 30.9 Å². The maximum Gasteiger partial charge on any atom is 0.148 e. The molecule has 6 heteroatoms. The molecule has 0 saturated carbocycles. The van der Waals surface area contributed by atoms with Crippen LogP contribution in [0.2, 0.25) is 0 Å². The summed E-state index contributed by atoms with van der Waals surface area (Å²) >= 11 is 5.49. The summed E-state index contributed by atoms with van der Waals surface area (Å²) in [5.74, 6) is -0.117. The number of benzene rings is 1. The van der Waals surface area contributed by atoms with E-state index in [1.807, 2.05) is 4.90 Å². The van der Waals surface area contributed by atoms with E-state index in [-0.39, 0.29) is 11.7 Å². The molecule has 1 aliphatic heterocycles. The summed E-state index contributed by atoms with van der Waals surface area (Å²) in [7, 11) is 0. The third-order valence-corrected chi connectivity index (χ3v) is 3.38. The monoisotopic (exact) mass is 288 g/mol. The summed E-state index contributed by atoms with van der Waals surface area (Å²) in [5, 5.41) is 12.3. The second-order valence-corrected chi connectivity index (χ2v) is 4.76. The van der Waals surface area contributed by atoms with Crippen LogP contribution in [-0.4, -0.2) is 49.9 Å². The molecule has 1 aromatic rings. The number of anilines is 2. The van der Waals surface area contributed by atoms with Crippen LogP contribution in [0.3, 0.4) is 0 Å². The number of morpholine rings is 1. The van der Waals surface area contributed by atoms with Crippen molar-refractivity contribution in [3.8, 4) is 0 Å². The summed E-state index contributed by atoms with van der Waals surface area (Å²) in [4.78, 5) is 1.97.